The molecule has 1 aliphatic carbocycles. The number of alkyl carbamates (subject to hydrolysis) is 1. The molecule has 1 aliphatic rings. The number of carbonyl (C=O) groups excluding carboxylic acids is 1. The van der Waals surface area contributed by atoms with E-state index in [1.54, 1.807) is 0 Å². The molecule has 1 aromatic heterocycles. The Hall–Kier alpha value is -1.21. The Morgan fingerprint density at radius 2 is 2.18 bits per heavy atom. The molecular weight excluding hydrogens is 300 g/mol. The highest BCUT2D eigenvalue weighted by Crippen LogP contribution is 2.24. The second-order valence-corrected chi connectivity index (χ2v) is 7.42. The molecule has 0 aromatic carbocycles. The first-order valence-corrected chi connectivity index (χ1v) is 8.74. The van der Waals surface area contributed by atoms with Crippen LogP contribution in [0, 0.1) is 5.92 Å². The molecule has 1 heterocycles. The minimum absolute atomic E-state index is 0.333. The third-order valence-electron chi connectivity index (χ3n) is 3.77. The third-order valence-corrected chi connectivity index (χ3v) is 4.32. The zero-order chi connectivity index (χ0) is 16.0. The summed E-state index contributed by atoms with van der Waals surface area (Å²) in [7, 11) is 0. The zero-order valence-electron chi connectivity index (χ0n) is 13.6. The Balaban J connectivity index is 1.78. The van der Waals surface area contributed by atoms with Crippen LogP contribution in [-0.2, 0) is 11.3 Å². The quantitative estimate of drug-likeness (QED) is 0.870. The molecule has 0 bridgehead atoms. The van der Waals surface area contributed by atoms with Crippen LogP contribution in [-0.4, -0.2) is 33.9 Å². The molecule has 0 saturated heterocycles. The van der Waals surface area contributed by atoms with E-state index in [2.05, 4.69) is 20.2 Å². The number of nitrogens with zero attached hydrogens (tertiary/aromatic N) is 2. The molecule has 1 aromatic rings. The summed E-state index contributed by atoms with van der Waals surface area (Å²) < 4.78 is 9.17. The number of ether oxygens (including phenoxy) is 1. The number of hydrogen-bond acceptors (Lipinski definition) is 6. The minimum Gasteiger partial charge on any atom is -0.444 e. The number of nitrogens with one attached hydrogen (secondary N) is 2. The first-order valence-electron chi connectivity index (χ1n) is 7.90. The molecule has 0 spiro atoms. The third kappa shape index (κ3) is 5.88. The molecule has 2 N–H and O–H groups in total. The van der Waals surface area contributed by atoms with Crippen LogP contribution >= 0.6 is 11.5 Å². The first-order chi connectivity index (χ1) is 10.4. The van der Waals surface area contributed by atoms with E-state index in [-0.39, 0.29) is 6.09 Å². The second-order valence-electron chi connectivity index (χ2n) is 6.81. The Morgan fingerprint density at radius 3 is 2.86 bits per heavy atom. The molecule has 1 fully saturated rings. The van der Waals surface area contributed by atoms with Crippen molar-refractivity contribution >= 4 is 17.6 Å². The van der Waals surface area contributed by atoms with Crippen molar-refractivity contribution in [3.8, 4) is 0 Å². The van der Waals surface area contributed by atoms with Crippen LogP contribution in [0.4, 0.5) is 4.79 Å². The van der Waals surface area contributed by atoms with Gasteiger partial charge in [0.25, 0.3) is 0 Å². The molecule has 2 unspecified atom stereocenters. The highest BCUT2D eigenvalue weighted by Gasteiger charge is 2.26. The summed E-state index contributed by atoms with van der Waals surface area (Å²) >= 11 is 1.37. The van der Waals surface area contributed by atoms with Crippen molar-refractivity contribution in [1.82, 2.24) is 20.2 Å². The van der Waals surface area contributed by atoms with Crippen LogP contribution in [0.15, 0.2) is 5.38 Å². The molecule has 0 aliphatic heterocycles. The van der Waals surface area contributed by atoms with Crippen molar-refractivity contribution < 1.29 is 9.53 Å². The average Bonchev–Trinajstić information content (AvgIpc) is 2.95. The first kappa shape index (κ1) is 17.1. The summed E-state index contributed by atoms with van der Waals surface area (Å²) in [5.41, 5.74) is 0.528. The minimum atomic E-state index is -0.452. The fourth-order valence-corrected chi connectivity index (χ4v) is 3.20. The monoisotopic (exact) mass is 326 g/mol. The molecule has 6 nitrogen and oxygen atoms in total. The fourth-order valence-electron chi connectivity index (χ4n) is 2.75. The molecule has 124 valence electrons. The van der Waals surface area contributed by atoms with E-state index in [9.17, 15) is 4.79 Å². The second kappa shape index (κ2) is 7.87. The van der Waals surface area contributed by atoms with Gasteiger partial charge in [0, 0.05) is 24.5 Å². The lowest BCUT2D eigenvalue weighted by molar-refractivity contribution is 0.0510. The predicted molar refractivity (Wildman–Crippen MR) is 86.7 cm³/mol. The van der Waals surface area contributed by atoms with Crippen LogP contribution in [0.5, 0.6) is 0 Å². The van der Waals surface area contributed by atoms with Gasteiger partial charge < -0.3 is 15.4 Å². The summed E-state index contributed by atoms with van der Waals surface area (Å²) in [6.07, 6.45) is 4.38. The molecule has 2 rings (SSSR count). The summed E-state index contributed by atoms with van der Waals surface area (Å²) in [6, 6.07) is 0.408. The summed E-state index contributed by atoms with van der Waals surface area (Å²) in [5.74, 6) is 0.438. The van der Waals surface area contributed by atoms with Gasteiger partial charge in [-0.3, -0.25) is 0 Å². The van der Waals surface area contributed by atoms with E-state index in [1.165, 1.54) is 24.4 Å². The molecular formula is C15H26N4O2S. The lowest BCUT2D eigenvalue weighted by Gasteiger charge is -2.32. The lowest BCUT2D eigenvalue weighted by atomic mass is 9.84. The van der Waals surface area contributed by atoms with Crippen molar-refractivity contribution in [2.75, 3.05) is 6.54 Å². The average molecular weight is 326 g/mol. The van der Waals surface area contributed by atoms with Gasteiger partial charge in [0.05, 0.1) is 5.69 Å². The van der Waals surface area contributed by atoms with Gasteiger partial charge in [-0.2, -0.15) is 0 Å². The van der Waals surface area contributed by atoms with Crippen molar-refractivity contribution in [3.05, 3.63) is 11.1 Å². The van der Waals surface area contributed by atoms with Crippen molar-refractivity contribution in [3.63, 3.8) is 0 Å². The van der Waals surface area contributed by atoms with E-state index >= 15 is 0 Å². The van der Waals surface area contributed by atoms with Crippen LogP contribution < -0.4 is 10.6 Å². The Bertz CT molecular complexity index is 459. The maximum atomic E-state index is 11.8. The Morgan fingerprint density at radius 1 is 1.41 bits per heavy atom. The van der Waals surface area contributed by atoms with Crippen LogP contribution in [0.2, 0.25) is 0 Å². The van der Waals surface area contributed by atoms with Crippen LogP contribution in [0.1, 0.15) is 52.1 Å². The van der Waals surface area contributed by atoms with Gasteiger partial charge in [-0.1, -0.05) is 17.3 Å². The number of carbonyl (C=O) groups is 1. The van der Waals surface area contributed by atoms with Crippen molar-refractivity contribution in [2.24, 2.45) is 5.92 Å². The molecule has 2 atom stereocenters. The lowest BCUT2D eigenvalue weighted by Crippen LogP contribution is -2.44. The maximum Gasteiger partial charge on any atom is 0.407 e. The number of rotatable bonds is 5. The Kier molecular flexibility index (Phi) is 6.14. The SMILES string of the molecule is CC(C)(C)OC(=O)NCC1CCCCC1NCc1csnn1. The number of aromatic nitrogens is 2. The highest BCUT2D eigenvalue weighted by molar-refractivity contribution is 7.03. The highest BCUT2D eigenvalue weighted by atomic mass is 32.1. The molecule has 7 heteroatoms. The molecule has 0 radical (unpaired) electrons. The fraction of sp³-hybridized carbons (Fsp3) is 0.800. The topological polar surface area (TPSA) is 76.1 Å². The standard InChI is InChI=1S/C15H26N4O2S/c1-15(2,3)21-14(20)17-8-11-6-4-5-7-13(11)16-9-12-10-22-19-18-12/h10-11,13,16H,4-9H2,1-3H3,(H,17,20). The van der Waals surface area contributed by atoms with Crippen LogP contribution in [0.25, 0.3) is 0 Å². The summed E-state index contributed by atoms with van der Waals surface area (Å²) in [4.78, 5) is 11.8. The predicted octanol–water partition coefficient (Wildman–Crippen LogP) is 2.71. The van der Waals surface area contributed by atoms with E-state index < -0.39 is 5.60 Å². The number of hydrogen-bond donors (Lipinski definition) is 2. The van der Waals surface area contributed by atoms with Crippen molar-refractivity contribution in [1.29, 1.82) is 0 Å². The van der Waals surface area contributed by atoms with Gasteiger partial charge in [-0.25, -0.2) is 4.79 Å². The molecule has 1 amide bonds. The van der Waals surface area contributed by atoms with Gasteiger partial charge in [0.2, 0.25) is 0 Å². The van der Waals surface area contributed by atoms with Gasteiger partial charge in [-0.15, -0.1) is 5.10 Å². The summed E-state index contributed by atoms with van der Waals surface area (Å²) in [5, 5.41) is 12.5. The van der Waals surface area contributed by atoms with Crippen molar-refractivity contribution in [2.45, 2.75) is 64.6 Å². The van der Waals surface area contributed by atoms with Gasteiger partial charge in [0.15, 0.2) is 0 Å². The van der Waals surface area contributed by atoms with E-state index in [0.29, 0.717) is 18.5 Å². The van der Waals surface area contributed by atoms with E-state index in [4.69, 9.17) is 4.74 Å². The van der Waals surface area contributed by atoms with E-state index in [1.807, 2.05) is 26.2 Å². The van der Waals surface area contributed by atoms with Gasteiger partial charge in [0.1, 0.15) is 5.60 Å². The molecule has 22 heavy (non-hydrogen) atoms. The number of amides is 1. The zero-order valence-corrected chi connectivity index (χ0v) is 14.4. The smallest absolute Gasteiger partial charge is 0.407 e. The molecule has 1 saturated carbocycles. The normalized spacial score (nSPS) is 22.3. The Labute approximate surface area is 136 Å². The largest absolute Gasteiger partial charge is 0.444 e. The maximum absolute atomic E-state index is 11.8. The van der Waals surface area contributed by atoms with Gasteiger partial charge in [-0.05, 0) is 51.1 Å². The van der Waals surface area contributed by atoms with Gasteiger partial charge >= 0.3 is 6.09 Å². The van der Waals surface area contributed by atoms with E-state index in [0.717, 1.165) is 25.1 Å². The summed E-state index contributed by atoms with van der Waals surface area (Å²) in [6.45, 7) is 7.02. The van der Waals surface area contributed by atoms with Crippen LogP contribution in [0.3, 0.4) is 0 Å².